The Labute approximate surface area is 81.5 Å². The Morgan fingerprint density at radius 1 is 1.54 bits per heavy atom. The molecule has 0 unspecified atom stereocenters. The average molecular weight is 193 g/mol. The topological polar surface area (TPSA) is 20.1 Å². The van der Waals surface area contributed by atoms with Crippen molar-refractivity contribution in [3.8, 4) is 0 Å². The van der Waals surface area contributed by atoms with Gasteiger partial charge in [0.25, 0.3) is 0 Å². The standard InChI is InChI=1S/C10H11NOS/c1-8-2-3-9(13-8)4-5-10(12)11-6-7-11/h2-5H,6-7H2,1H3/b5-4+. The summed E-state index contributed by atoms with van der Waals surface area (Å²) in [5.74, 6) is 0.131. The maximum absolute atomic E-state index is 11.2. The molecule has 0 N–H and O–H groups in total. The molecule has 2 rings (SSSR count). The van der Waals surface area contributed by atoms with E-state index in [1.54, 1.807) is 22.3 Å². The van der Waals surface area contributed by atoms with Crippen LogP contribution in [0.25, 0.3) is 6.08 Å². The van der Waals surface area contributed by atoms with E-state index in [9.17, 15) is 4.79 Å². The van der Waals surface area contributed by atoms with E-state index in [0.29, 0.717) is 0 Å². The van der Waals surface area contributed by atoms with Crippen molar-refractivity contribution in [2.24, 2.45) is 0 Å². The van der Waals surface area contributed by atoms with Crippen molar-refractivity contribution in [2.45, 2.75) is 6.92 Å². The van der Waals surface area contributed by atoms with Gasteiger partial charge in [0.2, 0.25) is 5.91 Å². The molecule has 1 aliphatic heterocycles. The summed E-state index contributed by atoms with van der Waals surface area (Å²) in [7, 11) is 0. The Kier molecular flexibility index (Phi) is 2.19. The summed E-state index contributed by atoms with van der Waals surface area (Å²) in [6, 6.07) is 4.10. The highest BCUT2D eigenvalue weighted by Crippen LogP contribution is 2.16. The van der Waals surface area contributed by atoms with Crippen molar-refractivity contribution >= 4 is 23.3 Å². The molecule has 0 bridgehead atoms. The minimum atomic E-state index is 0.131. The number of carbonyl (C=O) groups excluding carboxylic acids is 1. The number of hydrogen-bond acceptors (Lipinski definition) is 2. The SMILES string of the molecule is Cc1ccc(/C=C/C(=O)N2CC2)s1. The molecule has 1 aromatic heterocycles. The molecule has 1 saturated heterocycles. The van der Waals surface area contributed by atoms with Gasteiger partial charge in [0.15, 0.2) is 0 Å². The van der Waals surface area contributed by atoms with Gasteiger partial charge in [0.05, 0.1) is 0 Å². The Bertz CT molecular complexity index is 350. The Morgan fingerprint density at radius 3 is 2.85 bits per heavy atom. The van der Waals surface area contributed by atoms with Crippen LogP contribution in [-0.4, -0.2) is 23.9 Å². The van der Waals surface area contributed by atoms with Crippen LogP contribution < -0.4 is 0 Å². The van der Waals surface area contributed by atoms with Gasteiger partial charge in [0, 0.05) is 28.9 Å². The summed E-state index contributed by atoms with van der Waals surface area (Å²) < 4.78 is 0. The monoisotopic (exact) mass is 193 g/mol. The van der Waals surface area contributed by atoms with E-state index in [0.717, 1.165) is 18.0 Å². The van der Waals surface area contributed by atoms with Gasteiger partial charge in [-0.05, 0) is 25.1 Å². The van der Waals surface area contributed by atoms with Crippen molar-refractivity contribution < 1.29 is 4.79 Å². The number of nitrogens with zero attached hydrogens (tertiary/aromatic N) is 1. The fourth-order valence-electron chi connectivity index (χ4n) is 1.07. The largest absolute Gasteiger partial charge is 0.336 e. The van der Waals surface area contributed by atoms with Crippen LogP contribution in [0, 0.1) is 6.92 Å². The highest BCUT2D eigenvalue weighted by Gasteiger charge is 2.21. The highest BCUT2D eigenvalue weighted by atomic mass is 32.1. The lowest BCUT2D eigenvalue weighted by atomic mass is 10.4. The van der Waals surface area contributed by atoms with Gasteiger partial charge in [0.1, 0.15) is 0 Å². The zero-order chi connectivity index (χ0) is 9.26. The smallest absolute Gasteiger partial charge is 0.246 e. The van der Waals surface area contributed by atoms with Gasteiger partial charge in [-0.25, -0.2) is 0 Å². The van der Waals surface area contributed by atoms with Crippen LogP contribution in [0.15, 0.2) is 18.2 Å². The second kappa shape index (κ2) is 3.34. The Balaban J connectivity index is 2.00. The summed E-state index contributed by atoms with van der Waals surface area (Å²) in [4.78, 5) is 15.5. The minimum Gasteiger partial charge on any atom is -0.336 e. The predicted molar refractivity (Wildman–Crippen MR) is 54.7 cm³/mol. The third-order valence-corrected chi connectivity index (χ3v) is 2.88. The summed E-state index contributed by atoms with van der Waals surface area (Å²) >= 11 is 1.70. The number of rotatable bonds is 2. The van der Waals surface area contributed by atoms with E-state index in [4.69, 9.17) is 0 Å². The quantitative estimate of drug-likeness (QED) is 0.519. The van der Waals surface area contributed by atoms with Crippen molar-refractivity contribution in [3.63, 3.8) is 0 Å². The van der Waals surface area contributed by atoms with E-state index in [2.05, 4.69) is 13.0 Å². The van der Waals surface area contributed by atoms with Crippen LogP contribution in [-0.2, 0) is 4.79 Å². The third-order valence-electron chi connectivity index (χ3n) is 1.91. The van der Waals surface area contributed by atoms with Crippen LogP contribution in [0.1, 0.15) is 9.75 Å². The first-order valence-corrected chi connectivity index (χ1v) is 5.11. The number of aryl methyl sites for hydroxylation is 1. The van der Waals surface area contributed by atoms with Crippen LogP contribution >= 0.6 is 11.3 Å². The van der Waals surface area contributed by atoms with Crippen molar-refractivity contribution in [3.05, 3.63) is 28.0 Å². The molecule has 1 aliphatic rings. The molecule has 2 heterocycles. The summed E-state index contributed by atoms with van der Waals surface area (Å²) in [5.41, 5.74) is 0. The predicted octanol–water partition coefficient (Wildman–Crippen LogP) is 1.91. The lowest BCUT2D eigenvalue weighted by Gasteiger charge is -1.91. The van der Waals surface area contributed by atoms with E-state index in [-0.39, 0.29) is 5.91 Å². The zero-order valence-corrected chi connectivity index (χ0v) is 8.30. The molecule has 68 valence electrons. The Morgan fingerprint density at radius 2 is 2.31 bits per heavy atom. The van der Waals surface area contributed by atoms with Crippen LogP contribution in [0.5, 0.6) is 0 Å². The van der Waals surface area contributed by atoms with Crippen molar-refractivity contribution in [1.29, 1.82) is 0 Å². The first-order chi connectivity index (χ1) is 6.25. The second-order valence-corrected chi connectivity index (χ2v) is 4.43. The lowest BCUT2D eigenvalue weighted by molar-refractivity contribution is -0.120. The van der Waals surface area contributed by atoms with Gasteiger partial charge in [-0.2, -0.15) is 0 Å². The molecule has 1 aromatic rings. The Hall–Kier alpha value is -1.09. The summed E-state index contributed by atoms with van der Waals surface area (Å²) in [5, 5.41) is 0. The lowest BCUT2D eigenvalue weighted by Crippen LogP contribution is -2.04. The number of hydrogen-bond donors (Lipinski definition) is 0. The van der Waals surface area contributed by atoms with Crippen LogP contribution in [0.3, 0.4) is 0 Å². The maximum Gasteiger partial charge on any atom is 0.246 e. The molecule has 13 heavy (non-hydrogen) atoms. The molecule has 0 radical (unpaired) electrons. The second-order valence-electron chi connectivity index (χ2n) is 3.11. The summed E-state index contributed by atoms with van der Waals surface area (Å²) in [6.07, 6.45) is 3.54. The minimum absolute atomic E-state index is 0.131. The first-order valence-electron chi connectivity index (χ1n) is 4.29. The molecular formula is C10H11NOS. The molecule has 0 aromatic carbocycles. The fraction of sp³-hybridized carbons (Fsp3) is 0.300. The third kappa shape index (κ3) is 2.18. The fourth-order valence-corrected chi connectivity index (χ4v) is 1.85. The maximum atomic E-state index is 11.2. The first kappa shape index (κ1) is 8.51. The van der Waals surface area contributed by atoms with Gasteiger partial charge in [-0.1, -0.05) is 0 Å². The number of amides is 1. The van der Waals surface area contributed by atoms with E-state index < -0.39 is 0 Å². The summed E-state index contributed by atoms with van der Waals surface area (Å²) in [6.45, 7) is 3.91. The van der Waals surface area contributed by atoms with Crippen molar-refractivity contribution in [1.82, 2.24) is 4.90 Å². The van der Waals surface area contributed by atoms with E-state index in [1.807, 2.05) is 12.1 Å². The van der Waals surface area contributed by atoms with Gasteiger partial charge in [-0.3, -0.25) is 4.79 Å². The van der Waals surface area contributed by atoms with Crippen molar-refractivity contribution in [2.75, 3.05) is 13.1 Å². The molecule has 1 fully saturated rings. The molecule has 2 nitrogen and oxygen atoms in total. The normalized spacial score (nSPS) is 15.3. The van der Waals surface area contributed by atoms with Gasteiger partial charge in [-0.15, -0.1) is 11.3 Å². The molecule has 3 heteroatoms. The van der Waals surface area contributed by atoms with Crippen LogP contribution in [0.2, 0.25) is 0 Å². The molecule has 0 spiro atoms. The van der Waals surface area contributed by atoms with Gasteiger partial charge >= 0.3 is 0 Å². The molecule has 0 atom stereocenters. The van der Waals surface area contributed by atoms with Crippen LogP contribution in [0.4, 0.5) is 0 Å². The number of carbonyl (C=O) groups is 1. The average Bonchev–Trinajstić information content (AvgIpc) is 2.87. The molecule has 0 aliphatic carbocycles. The number of thiophene rings is 1. The molecule has 0 saturated carbocycles. The highest BCUT2D eigenvalue weighted by molar-refractivity contribution is 7.12. The van der Waals surface area contributed by atoms with E-state index >= 15 is 0 Å². The van der Waals surface area contributed by atoms with E-state index in [1.165, 1.54) is 4.88 Å². The molecular weight excluding hydrogens is 182 g/mol. The van der Waals surface area contributed by atoms with Gasteiger partial charge < -0.3 is 4.90 Å². The molecule has 1 amide bonds. The zero-order valence-electron chi connectivity index (χ0n) is 7.49.